The van der Waals surface area contributed by atoms with Crippen molar-refractivity contribution < 1.29 is 9.21 Å². The van der Waals surface area contributed by atoms with E-state index in [1.54, 1.807) is 0 Å². The Hall–Kier alpha value is -2.47. The summed E-state index contributed by atoms with van der Waals surface area (Å²) < 4.78 is 5.55. The van der Waals surface area contributed by atoms with Gasteiger partial charge in [-0.3, -0.25) is 14.7 Å². The first kappa shape index (κ1) is 15.4. The summed E-state index contributed by atoms with van der Waals surface area (Å²) in [5.41, 5.74) is 0.856. The van der Waals surface area contributed by atoms with Crippen molar-refractivity contribution in [2.75, 3.05) is 26.3 Å². The summed E-state index contributed by atoms with van der Waals surface area (Å²) in [6, 6.07) is 9.53. The van der Waals surface area contributed by atoms with Gasteiger partial charge in [0.15, 0.2) is 0 Å². The lowest BCUT2D eigenvalue weighted by molar-refractivity contribution is 0.0920. The van der Waals surface area contributed by atoms with Gasteiger partial charge in [-0.15, -0.1) is 0 Å². The normalized spacial score (nSPS) is 18.0. The average Bonchev–Trinajstić information content (AvgIpc) is 3.23. The smallest absolute Gasteiger partial charge is 0.288 e. The summed E-state index contributed by atoms with van der Waals surface area (Å²) in [4.78, 5) is 22.5. The van der Waals surface area contributed by atoms with Crippen molar-refractivity contribution in [1.29, 1.82) is 0 Å². The van der Waals surface area contributed by atoms with Crippen LogP contribution in [0.5, 0.6) is 0 Å². The highest BCUT2D eigenvalue weighted by Gasteiger charge is 2.23. The fourth-order valence-electron chi connectivity index (χ4n) is 2.77. The second-order valence-electron chi connectivity index (χ2n) is 5.70. The van der Waals surface area contributed by atoms with Crippen molar-refractivity contribution in [3.05, 3.63) is 42.3 Å². The summed E-state index contributed by atoms with van der Waals surface area (Å²) in [6.45, 7) is 6.74. The molecule has 0 radical (unpaired) electrons. The standard InChI is InChI=1S/C17H20N4O2/c1-18-12-21-8-7-13(11-21)9-19-16(22)15-10-20-17(23-15)14-5-3-2-4-6-14/h2-6,10,13H,1,7-9,11-12H2,(H,19,22). The number of oxazole rings is 1. The lowest BCUT2D eigenvalue weighted by Gasteiger charge is -2.13. The Morgan fingerprint density at radius 2 is 2.26 bits per heavy atom. The van der Waals surface area contributed by atoms with Crippen LogP contribution in [-0.2, 0) is 0 Å². The van der Waals surface area contributed by atoms with E-state index in [4.69, 9.17) is 4.42 Å². The third-order valence-corrected chi connectivity index (χ3v) is 3.97. The molecule has 0 saturated carbocycles. The molecule has 0 spiro atoms. The Morgan fingerprint density at radius 3 is 3.04 bits per heavy atom. The van der Waals surface area contributed by atoms with E-state index in [1.165, 1.54) is 6.20 Å². The predicted octanol–water partition coefficient (Wildman–Crippen LogP) is 2.05. The zero-order valence-corrected chi connectivity index (χ0v) is 12.9. The minimum atomic E-state index is -0.222. The van der Waals surface area contributed by atoms with Crippen LogP contribution in [-0.4, -0.2) is 48.8 Å². The molecule has 1 aliphatic heterocycles. The van der Waals surface area contributed by atoms with Crippen molar-refractivity contribution in [3.63, 3.8) is 0 Å². The zero-order chi connectivity index (χ0) is 16.1. The number of benzene rings is 1. The first-order valence-electron chi connectivity index (χ1n) is 7.70. The van der Waals surface area contributed by atoms with Crippen LogP contribution in [0, 0.1) is 5.92 Å². The molecule has 2 aromatic rings. The first-order valence-corrected chi connectivity index (χ1v) is 7.70. The number of carbonyl (C=O) groups is 1. The molecule has 1 aromatic heterocycles. The molecule has 23 heavy (non-hydrogen) atoms. The van der Waals surface area contributed by atoms with Gasteiger partial charge in [-0.25, -0.2) is 4.98 Å². The molecule has 1 aliphatic rings. The Kier molecular flexibility index (Phi) is 4.83. The number of hydrogen-bond acceptors (Lipinski definition) is 5. The fraction of sp³-hybridized carbons (Fsp3) is 0.353. The van der Waals surface area contributed by atoms with E-state index in [9.17, 15) is 4.79 Å². The molecule has 2 heterocycles. The van der Waals surface area contributed by atoms with Gasteiger partial charge in [0.25, 0.3) is 5.91 Å². The zero-order valence-electron chi connectivity index (χ0n) is 12.9. The molecule has 1 amide bonds. The van der Waals surface area contributed by atoms with Gasteiger partial charge in [0.05, 0.1) is 12.9 Å². The number of amides is 1. The molecule has 3 rings (SSSR count). The molecule has 120 valence electrons. The van der Waals surface area contributed by atoms with Crippen LogP contribution in [0.4, 0.5) is 0 Å². The molecule has 0 aliphatic carbocycles. The van der Waals surface area contributed by atoms with Crippen molar-refractivity contribution in [2.24, 2.45) is 10.9 Å². The first-order chi connectivity index (χ1) is 11.3. The third kappa shape index (κ3) is 3.84. The predicted molar refractivity (Wildman–Crippen MR) is 88.4 cm³/mol. The van der Waals surface area contributed by atoms with E-state index in [1.807, 2.05) is 30.3 Å². The number of carbonyl (C=O) groups excluding carboxylic acids is 1. The van der Waals surface area contributed by atoms with Gasteiger partial charge < -0.3 is 9.73 Å². The van der Waals surface area contributed by atoms with Gasteiger partial charge in [-0.05, 0) is 31.2 Å². The second kappa shape index (κ2) is 7.19. The second-order valence-corrected chi connectivity index (χ2v) is 5.70. The van der Waals surface area contributed by atoms with E-state index in [2.05, 4.69) is 26.9 Å². The van der Waals surface area contributed by atoms with Gasteiger partial charge in [0.2, 0.25) is 11.7 Å². The van der Waals surface area contributed by atoms with Crippen LogP contribution in [0.2, 0.25) is 0 Å². The Balaban J connectivity index is 1.53. The van der Waals surface area contributed by atoms with E-state index < -0.39 is 0 Å². The molecule has 1 unspecified atom stereocenters. The molecule has 6 nitrogen and oxygen atoms in total. The van der Waals surface area contributed by atoms with Crippen LogP contribution >= 0.6 is 0 Å². The monoisotopic (exact) mass is 312 g/mol. The highest BCUT2D eigenvalue weighted by atomic mass is 16.4. The van der Waals surface area contributed by atoms with Crippen LogP contribution in [0.25, 0.3) is 11.5 Å². The molecule has 1 aromatic carbocycles. The number of hydrogen-bond donors (Lipinski definition) is 1. The quantitative estimate of drug-likeness (QED) is 0.829. The molecule has 6 heteroatoms. The summed E-state index contributed by atoms with van der Waals surface area (Å²) in [6.07, 6.45) is 2.53. The van der Waals surface area contributed by atoms with Crippen molar-refractivity contribution in [3.8, 4) is 11.5 Å². The maximum atomic E-state index is 12.2. The molecule has 1 fully saturated rings. The van der Waals surface area contributed by atoms with E-state index in [0.717, 1.165) is 25.1 Å². The fourth-order valence-corrected chi connectivity index (χ4v) is 2.77. The van der Waals surface area contributed by atoms with Crippen LogP contribution < -0.4 is 5.32 Å². The van der Waals surface area contributed by atoms with E-state index >= 15 is 0 Å². The lowest BCUT2D eigenvalue weighted by atomic mass is 10.1. The van der Waals surface area contributed by atoms with Crippen LogP contribution in [0.15, 0.2) is 45.9 Å². The molecule has 0 bridgehead atoms. The number of aromatic nitrogens is 1. The van der Waals surface area contributed by atoms with E-state index in [0.29, 0.717) is 25.0 Å². The Morgan fingerprint density at radius 1 is 1.43 bits per heavy atom. The summed E-state index contributed by atoms with van der Waals surface area (Å²) >= 11 is 0. The number of nitrogens with one attached hydrogen (secondary N) is 1. The maximum Gasteiger partial charge on any atom is 0.288 e. The summed E-state index contributed by atoms with van der Waals surface area (Å²) in [7, 11) is 0. The van der Waals surface area contributed by atoms with Crippen molar-refractivity contribution >= 4 is 12.6 Å². The maximum absolute atomic E-state index is 12.2. The minimum absolute atomic E-state index is 0.222. The Labute approximate surface area is 135 Å². The van der Waals surface area contributed by atoms with Crippen molar-refractivity contribution in [2.45, 2.75) is 6.42 Å². The average molecular weight is 312 g/mol. The van der Waals surface area contributed by atoms with Gasteiger partial charge in [0.1, 0.15) is 0 Å². The number of rotatable bonds is 6. The van der Waals surface area contributed by atoms with Gasteiger partial charge in [-0.2, -0.15) is 0 Å². The van der Waals surface area contributed by atoms with Crippen molar-refractivity contribution in [1.82, 2.24) is 15.2 Å². The molecule has 1 saturated heterocycles. The lowest BCUT2D eigenvalue weighted by Crippen LogP contribution is -2.30. The molecule has 1 atom stereocenters. The van der Waals surface area contributed by atoms with Gasteiger partial charge in [-0.1, -0.05) is 18.2 Å². The van der Waals surface area contributed by atoms with Gasteiger partial charge in [0, 0.05) is 25.2 Å². The Bertz CT molecular complexity index is 668. The van der Waals surface area contributed by atoms with E-state index in [-0.39, 0.29) is 11.7 Å². The number of likely N-dealkylation sites (tertiary alicyclic amines) is 1. The number of nitrogens with zero attached hydrogens (tertiary/aromatic N) is 3. The summed E-state index contributed by atoms with van der Waals surface area (Å²) in [5, 5.41) is 2.92. The summed E-state index contributed by atoms with van der Waals surface area (Å²) in [5.74, 6) is 0.920. The van der Waals surface area contributed by atoms with Gasteiger partial charge >= 0.3 is 0 Å². The highest BCUT2D eigenvalue weighted by Crippen LogP contribution is 2.19. The molecular formula is C17H20N4O2. The SMILES string of the molecule is C=NCN1CCC(CNC(=O)c2cnc(-c3ccccc3)o2)C1. The van der Waals surface area contributed by atoms with Crippen LogP contribution in [0.3, 0.4) is 0 Å². The minimum Gasteiger partial charge on any atom is -0.431 e. The van der Waals surface area contributed by atoms with Crippen LogP contribution in [0.1, 0.15) is 17.0 Å². The largest absolute Gasteiger partial charge is 0.431 e. The topological polar surface area (TPSA) is 70.7 Å². The molecule has 1 N–H and O–H groups in total. The number of aliphatic imine (C=N–C) groups is 1. The third-order valence-electron chi connectivity index (χ3n) is 3.97. The molecular weight excluding hydrogens is 292 g/mol. The highest BCUT2D eigenvalue weighted by molar-refractivity contribution is 5.91.